The molecule has 3 aromatic heterocycles. The molecule has 0 atom stereocenters. The summed E-state index contributed by atoms with van der Waals surface area (Å²) in [4.78, 5) is 17.2. The lowest BCUT2D eigenvalue weighted by Crippen LogP contribution is -2.15. The summed E-state index contributed by atoms with van der Waals surface area (Å²) in [5, 5.41) is 31.8. The largest absolute Gasteiger partial charge is 0.386 e. The van der Waals surface area contributed by atoms with Crippen molar-refractivity contribution in [1.82, 2.24) is 20.0 Å². The zero-order valence-electron chi connectivity index (χ0n) is 20.3. The van der Waals surface area contributed by atoms with E-state index in [4.69, 9.17) is 5.73 Å². The van der Waals surface area contributed by atoms with Gasteiger partial charge in [-0.25, -0.2) is 14.1 Å². The lowest BCUT2D eigenvalue weighted by atomic mass is 9.96. The summed E-state index contributed by atoms with van der Waals surface area (Å²) in [5.41, 5.74) is 5.35. The average Bonchev–Trinajstić information content (AvgIpc) is 3.41. The highest BCUT2D eigenvalue weighted by atomic mass is 32.1. The van der Waals surface area contributed by atoms with Gasteiger partial charge >= 0.3 is 0 Å². The van der Waals surface area contributed by atoms with Crippen LogP contribution in [0.3, 0.4) is 0 Å². The van der Waals surface area contributed by atoms with Gasteiger partial charge in [-0.2, -0.15) is 0 Å². The van der Waals surface area contributed by atoms with Gasteiger partial charge in [-0.15, -0.1) is 16.4 Å². The average molecular weight is 511 g/mol. The van der Waals surface area contributed by atoms with Crippen molar-refractivity contribution in [3.05, 3.63) is 77.0 Å². The predicted molar refractivity (Wildman–Crippen MR) is 135 cm³/mol. The Morgan fingerprint density at radius 1 is 1.14 bits per heavy atom. The molecule has 1 amide bonds. The summed E-state index contributed by atoms with van der Waals surface area (Å²) in [6.07, 6.45) is 1.65. The third kappa shape index (κ3) is 5.59. The third-order valence-electron chi connectivity index (χ3n) is 5.48. The van der Waals surface area contributed by atoms with E-state index in [1.54, 1.807) is 62.8 Å². The number of benzene rings is 1. The van der Waals surface area contributed by atoms with Crippen molar-refractivity contribution < 1.29 is 19.4 Å². The number of rotatable bonds is 8. The molecule has 5 N–H and O–H groups in total. The Morgan fingerprint density at radius 2 is 1.89 bits per heavy atom. The number of primary amides is 1. The molecule has 0 saturated heterocycles. The molecule has 0 fully saturated rings. The summed E-state index contributed by atoms with van der Waals surface area (Å²) in [5.74, 6) is -0.715. The molecule has 0 bridgehead atoms. The Morgan fingerprint density at radius 3 is 2.50 bits per heavy atom. The minimum absolute atomic E-state index is 0.208. The van der Waals surface area contributed by atoms with Crippen LogP contribution >= 0.6 is 11.3 Å². The van der Waals surface area contributed by atoms with Crippen LogP contribution in [-0.4, -0.2) is 36.1 Å². The number of anilines is 2. The lowest BCUT2D eigenvalue weighted by molar-refractivity contribution is 0.0736. The SMILES string of the molecule is CC(C)(O)c1ccc(-c2cc(C(N)=O)c(Nc3cccc(Cn4cc(C(C)(C)O)nn4)n3)s2)c(F)c1. The summed E-state index contributed by atoms with van der Waals surface area (Å²) in [7, 11) is 0. The lowest BCUT2D eigenvalue weighted by Gasteiger charge is -2.18. The maximum absolute atomic E-state index is 14.9. The fraction of sp³-hybridized carbons (Fsp3) is 0.280. The quantitative estimate of drug-likeness (QED) is 0.282. The van der Waals surface area contributed by atoms with Crippen molar-refractivity contribution in [1.29, 1.82) is 0 Å². The van der Waals surface area contributed by atoms with Crippen LogP contribution in [0.2, 0.25) is 0 Å². The number of aliphatic hydroxyl groups is 2. The predicted octanol–water partition coefficient (Wildman–Crippen LogP) is 3.89. The van der Waals surface area contributed by atoms with Gasteiger partial charge in [-0.05, 0) is 57.5 Å². The Hall–Kier alpha value is -3.67. The standard InChI is InChI=1S/C25H27FN6O3S/c1-24(2,34)14-8-9-16(18(26)10-14)19-11-17(22(27)33)23(36-19)29-21-7-5-6-15(28-21)12-32-13-20(30-31-32)25(3,4)35/h5-11,13,34-35H,12H2,1-4H3,(H2,27,33)(H,28,29). The van der Waals surface area contributed by atoms with Gasteiger partial charge in [0.1, 0.15) is 27.9 Å². The second-order valence-corrected chi connectivity index (χ2v) is 10.5. The Kier molecular flexibility index (Phi) is 6.65. The van der Waals surface area contributed by atoms with E-state index < -0.39 is 22.9 Å². The van der Waals surface area contributed by atoms with Crippen LogP contribution in [0.25, 0.3) is 10.4 Å². The maximum atomic E-state index is 14.9. The van der Waals surface area contributed by atoms with Crippen molar-refractivity contribution in [2.75, 3.05) is 5.32 Å². The summed E-state index contributed by atoms with van der Waals surface area (Å²) in [6, 6.07) is 11.4. The van der Waals surface area contributed by atoms with Crippen LogP contribution in [-0.2, 0) is 17.7 Å². The number of nitrogens with two attached hydrogens (primary N) is 1. The summed E-state index contributed by atoms with van der Waals surface area (Å²) < 4.78 is 16.5. The number of nitrogens with one attached hydrogen (secondary N) is 1. The van der Waals surface area contributed by atoms with E-state index in [2.05, 4.69) is 20.6 Å². The van der Waals surface area contributed by atoms with Crippen LogP contribution in [0.15, 0.2) is 48.7 Å². The number of amides is 1. The van der Waals surface area contributed by atoms with Crippen LogP contribution in [0.1, 0.15) is 55.0 Å². The van der Waals surface area contributed by atoms with E-state index in [1.807, 2.05) is 6.07 Å². The van der Waals surface area contributed by atoms with Crippen molar-refractivity contribution in [2.24, 2.45) is 5.73 Å². The maximum Gasteiger partial charge on any atom is 0.251 e. The molecule has 0 spiro atoms. The van der Waals surface area contributed by atoms with Gasteiger partial charge in [-0.1, -0.05) is 23.4 Å². The molecule has 11 heteroatoms. The zero-order valence-corrected chi connectivity index (χ0v) is 21.1. The Balaban J connectivity index is 1.60. The van der Waals surface area contributed by atoms with E-state index in [-0.39, 0.29) is 5.56 Å². The van der Waals surface area contributed by atoms with Crippen LogP contribution in [0.5, 0.6) is 0 Å². The molecule has 0 radical (unpaired) electrons. The molecular formula is C25H27FN6O3S. The second kappa shape index (κ2) is 9.41. The number of nitrogens with zero attached hydrogens (tertiary/aromatic N) is 4. The minimum Gasteiger partial charge on any atom is -0.386 e. The third-order valence-corrected chi connectivity index (χ3v) is 6.56. The smallest absolute Gasteiger partial charge is 0.251 e. The zero-order chi connectivity index (χ0) is 26.3. The van der Waals surface area contributed by atoms with Gasteiger partial charge in [0, 0.05) is 10.4 Å². The van der Waals surface area contributed by atoms with Crippen LogP contribution in [0, 0.1) is 5.82 Å². The van der Waals surface area contributed by atoms with Gasteiger partial charge in [0.25, 0.3) is 5.91 Å². The number of carbonyl (C=O) groups excluding carboxylic acids is 1. The van der Waals surface area contributed by atoms with E-state index in [1.165, 1.54) is 23.5 Å². The first kappa shape index (κ1) is 25.4. The molecule has 0 saturated carbocycles. The van der Waals surface area contributed by atoms with Gasteiger partial charge in [0.15, 0.2) is 0 Å². The molecule has 188 valence electrons. The number of carbonyl (C=O) groups is 1. The summed E-state index contributed by atoms with van der Waals surface area (Å²) in [6.45, 7) is 6.73. The highest BCUT2D eigenvalue weighted by Gasteiger charge is 2.22. The van der Waals surface area contributed by atoms with Gasteiger partial charge in [0.2, 0.25) is 0 Å². The summed E-state index contributed by atoms with van der Waals surface area (Å²) >= 11 is 1.17. The number of thiophene rings is 1. The fourth-order valence-corrected chi connectivity index (χ4v) is 4.57. The molecule has 3 heterocycles. The molecule has 0 aliphatic carbocycles. The van der Waals surface area contributed by atoms with E-state index >= 15 is 0 Å². The second-order valence-electron chi connectivity index (χ2n) is 9.47. The highest BCUT2D eigenvalue weighted by molar-refractivity contribution is 7.19. The number of halogens is 1. The Bertz CT molecular complexity index is 1420. The molecule has 0 aliphatic rings. The number of hydrogen-bond donors (Lipinski definition) is 4. The van der Waals surface area contributed by atoms with Gasteiger partial charge in [0.05, 0.1) is 29.6 Å². The topological polar surface area (TPSA) is 139 Å². The van der Waals surface area contributed by atoms with Crippen LogP contribution in [0.4, 0.5) is 15.2 Å². The van der Waals surface area contributed by atoms with E-state index in [0.717, 1.165) is 0 Å². The fourth-order valence-electron chi connectivity index (χ4n) is 3.47. The molecule has 36 heavy (non-hydrogen) atoms. The molecule has 1 aromatic carbocycles. The van der Waals surface area contributed by atoms with E-state index in [0.29, 0.717) is 44.8 Å². The number of hydrogen-bond acceptors (Lipinski definition) is 8. The molecule has 0 aliphatic heterocycles. The first-order valence-electron chi connectivity index (χ1n) is 11.1. The Labute approximate surface area is 211 Å². The normalized spacial score (nSPS) is 12.1. The van der Waals surface area contributed by atoms with Crippen LogP contribution < -0.4 is 11.1 Å². The van der Waals surface area contributed by atoms with Crippen molar-refractivity contribution in [3.8, 4) is 10.4 Å². The number of pyridine rings is 1. The molecule has 4 rings (SSSR count). The minimum atomic E-state index is -1.18. The highest BCUT2D eigenvalue weighted by Crippen LogP contribution is 2.38. The van der Waals surface area contributed by atoms with Gasteiger partial charge < -0.3 is 21.3 Å². The van der Waals surface area contributed by atoms with E-state index in [9.17, 15) is 19.4 Å². The van der Waals surface area contributed by atoms with Crippen molar-refractivity contribution in [2.45, 2.75) is 45.4 Å². The number of aromatic nitrogens is 4. The van der Waals surface area contributed by atoms with Gasteiger partial charge in [-0.3, -0.25) is 4.79 Å². The molecular weight excluding hydrogens is 483 g/mol. The van der Waals surface area contributed by atoms with Crippen molar-refractivity contribution in [3.63, 3.8) is 0 Å². The molecule has 4 aromatic rings. The van der Waals surface area contributed by atoms with Crippen molar-refractivity contribution >= 4 is 28.1 Å². The first-order valence-corrected chi connectivity index (χ1v) is 12.0. The first-order chi connectivity index (χ1) is 16.8. The molecule has 9 nitrogen and oxygen atoms in total. The molecule has 0 unspecified atom stereocenters. The monoisotopic (exact) mass is 510 g/mol.